The molecule has 0 fully saturated rings. The molecule has 0 radical (unpaired) electrons. The average Bonchev–Trinajstić information content (AvgIpc) is 2.16. The van der Waals surface area contributed by atoms with Crippen molar-refractivity contribution in [3.05, 3.63) is 35.1 Å². The van der Waals surface area contributed by atoms with E-state index < -0.39 is 18.2 Å². The van der Waals surface area contributed by atoms with Gasteiger partial charge in [-0.1, -0.05) is 6.92 Å². The Labute approximate surface area is 85.9 Å². The summed E-state index contributed by atoms with van der Waals surface area (Å²) >= 11 is 0. The standard InChI is InChI=1S/C11H11F3O/c1-6(11(13)14)9-5-8(7(2)15)3-4-10(9)12/h3-6,11H,1-2H3/t6-/m0/s1. The Morgan fingerprint density at radius 3 is 2.40 bits per heavy atom. The summed E-state index contributed by atoms with van der Waals surface area (Å²) in [6, 6.07) is 3.53. The van der Waals surface area contributed by atoms with E-state index in [4.69, 9.17) is 0 Å². The Kier molecular flexibility index (Phi) is 3.50. The molecular weight excluding hydrogens is 205 g/mol. The maximum Gasteiger partial charge on any atom is 0.245 e. The quantitative estimate of drug-likeness (QED) is 0.708. The maximum atomic E-state index is 13.2. The van der Waals surface area contributed by atoms with Crippen LogP contribution in [0.1, 0.15) is 35.7 Å². The SMILES string of the molecule is CC(=O)c1ccc(F)c([C@H](C)C(F)F)c1. The lowest BCUT2D eigenvalue weighted by Gasteiger charge is -2.12. The molecule has 0 unspecified atom stereocenters. The summed E-state index contributed by atoms with van der Waals surface area (Å²) in [6.07, 6.45) is -2.64. The first-order chi connectivity index (χ1) is 6.93. The predicted octanol–water partition coefficient (Wildman–Crippen LogP) is 3.40. The van der Waals surface area contributed by atoms with Gasteiger partial charge >= 0.3 is 0 Å². The van der Waals surface area contributed by atoms with Crippen LogP contribution in [0.2, 0.25) is 0 Å². The van der Waals surface area contributed by atoms with Gasteiger partial charge in [-0.05, 0) is 30.7 Å². The molecule has 0 saturated carbocycles. The molecule has 1 aromatic carbocycles. The summed E-state index contributed by atoms with van der Waals surface area (Å²) in [5.41, 5.74) is 0.136. The lowest BCUT2D eigenvalue weighted by Crippen LogP contribution is -2.08. The highest BCUT2D eigenvalue weighted by Crippen LogP contribution is 2.26. The zero-order valence-electron chi connectivity index (χ0n) is 8.43. The van der Waals surface area contributed by atoms with E-state index in [0.29, 0.717) is 0 Å². The number of carbonyl (C=O) groups is 1. The van der Waals surface area contributed by atoms with Crippen molar-refractivity contribution in [1.82, 2.24) is 0 Å². The first-order valence-electron chi connectivity index (χ1n) is 4.52. The number of rotatable bonds is 3. The fourth-order valence-corrected chi connectivity index (χ4v) is 1.25. The van der Waals surface area contributed by atoms with Gasteiger partial charge in [0.1, 0.15) is 5.82 Å². The van der Waals surface area contributed by atoms with Crippen molar-refractivity contribution in [1.29, 1.82) is 0 Å². The van der Waals surface area contributed by atoms with Crippen LogP contribution >= 0.6 is 0 Å². The summed E-state index contributed by atoms with van der Waals surface area (Å²) in [4.78, 5) is 11.0. The minimum Gasteiger partial charge on any atom is -0.295 e. The number of benzene rings is 1. The maximum absolute atomic E-state index is 13.2. The average molecular weight is 216 g/mol. The first kappa shape index (κ1) is 11.8. The Balaban J connectivity index is 3.16. The second-order valence-corrected chi connectivity index (χ2v) is 3.42. The van der Waals surface area contributed by atoms with E-state index >= 15 is 0 Å². The predicted molar refractivity (Wildman–Crippen MR) is 50.8 cm³/mol. The molecule has 0 saturated heterocycles. The number of Topliss-reactive ketones (excluding diaryl/α,β-unsaturated/α-hetero) is 1. The van der Waals surface area contributed by atoms with Crippen molar-refractivity contribution in [3.63, 3.8) is 0 Å². The highest BCUT2D eigenvalue weighted by atomic mass is 19.3. The minimum absolute atomic E-state index is 0.113. The molecule has 0 aliphatic rings. The summed E-state index contributed by atoms with van der Waals surface area (Å²) in [5.74, 6) is -2.17. The van der Waals surface area contributed by atoms with Gasteiger partial charge in [0.25, 0.3) is 0 Å². The van der Waals surface area contributed by atoms with Crippen LogP contribution in [-0.4, -0.2) is 12.2 Å². The van der Waals surface area contributed by atoms with Crippen LogP contribution in [0.3, 0.4) is 0 Å². The molecular formula is C11H11F3O. The molecule has 4 heteroatoms. The topological polar surface area (TPSA) is 17.1 Å². The van der Waals surface area contributed by atoms with Crippen molar-refractivity contribution in [2.45, 2.75) is 26.2 Å². The van der Waals surface area contributed by atoms with Gasteiger partial charge in [-0.15, -0.1) is 0 Å². The summed E-state index contributed by atoms with van der Waals surface area (Å²) < 4.78 is 37.9. The third kappa shape index (κ3) is 2.58. The number of halogens is 3. The van der Waals surface area contributed by atoms with E-state index in [0.717, 1.165) is 6.07 Å². The number of ketones is 1. The Morgan fingerprint density at radius 1 is 1.33 bits per heavy atom. The largest absolute Gasteiger partial charge is 0.295 e. The van der Waals surface area contributed by atoms with Gasteiger partial charge < -0.3 is 0 Å². The van der Waals surface area contributed by atoms with E-state index in [1.807, 2.05) is 0 Å². The van der Waals surface area contributed by atoms with Crippen molar-refractivity contribution in [2.24, 2.45) is 0 Å². The van der Waals surface area contributed by atoms with Crippen LogP contribution < -0.4 is 0 Å². The molecule has 0 N–H and O–H groups in total. The lowest BCUT2D eigenvalue weighted by molar-refractivity contribution is 0.101. The third-order valence-electron chi connectivity index (χ3n) is 2.27. The van der Waals surface area contributed by atoms with Crippen LogP contribution in [-0.2, 0) is 0 Å². The second-order valence-electron chi connectivity index (χ2n) is 3.42. The van der Waals surface area contributed by atoms with E-state index in [1.165, 1.54) is 26.0 Å². The molecule has 82 valence electrons. The normalized spacial score (nSPS) is 12.9. The van der Waals surface area contributed by atoms with Crippen LogP contribution in [0, 0.1) is 5.82 Å². The van der Waals surface area contributed by atoms with Crippen molar-refractivity contribution >= 4 is 5.78 Å². The zero-order chi connectivity index (χ0) is 11.6. The van der Waals surface area contributed by atoms with Gasteiger partial charge in [-0.2, -0.15) is 0 Å². The van der Waals surface area contributed by atoms with E-state index in [1.54, 1.807) is 0 Å². The summed E-state index contributed by atoms with van der Waals surface area (Å²) in [6.45, 7) is 2.54. The molecule has 0 aromatic heterocycles. The van der Waals surface area contributed by atoms with Crippen LogP contribution in [0.25, 0.3) is 0 Å². The number of hydrogen-bond donors (Lipinski definition) is 0. The summed E-state index contributed by atoms with van der Waals surface area (Å²) in [7, 11) is 0. The molecule has 15 heavy (non-hydrogen) atoms. The Bertz CT molecular complexity index is 374. The van der Waals surface area contributed by atoms with Crippen molar-refractivity contribution < 1.29 is 18.0 Å². The number of hydrogen-bond acceptors (Lipinski definition) is 1. The molecule has 1 atom stereocenters. The first-order valence-corrected chi connectivity index (χ1v) is 4.52. The number of carbonyl (C=O) groups excluding carboxylic acids is 1. The molecule has 0 amide bonds. The second kappa shape index (κ2) is 4.47. The van der Waals surface area contributed by atoms with E-state index in [9.17, 15) is 18.0 Å². The van der Waals surface area contributed by atoms with Gasteiger partial charge in [-0.3, -0.25) is 4.79 Å². The molecule has 1 rings (SSSR count). The van der Waals surface area contributed by atoms with Gasteiger partial charge in [0.05, 0.1) is 0 Å². The third-order valence-corrected chi connectivity index (χ3v) is 2.27. The molecule has 0 bridgehead atoms. The molecule has 1 aromatic rings. The summed E-state index contributed by atoms with van der Waals surface area (Å²) in [5, 5.41) is 0. The molecule has 1 nitrogen and oxygen atoms in total. The lowest BCUT2D eigenvalue weighted by atomic mass is 9.98. The van der Waals surface area contributed by atoms with Crippen LogP contribution in [0.5, 0.6) is 0 Å². The zero-order valence-corrected chi connectivity index (χ0v) is 8.43. The molecule has 0 spiro atoms. The Hall–Kier alpha value is -1.32. The van der Waals surface area contributed by atoms with Gasteiger partial charge in [0.15, 0.2) is 5.78 Å². The van der Waals surface area contributed by atoms with Crippen molar-refractivity contribution in [2.75, 3.05) is 0 Å². The fraction of sp³-hybridized carbons (Fsp3) is 0.364. The molecule has 0 heterocycles. The van der Waals surface area contributed by atoms with Gasteiger partial charge in [-0.25, -0.2) is 13.2 Å². The van der Waals surface area contributed by atoms with E-state index in [-0.39, 0.29) is 16.9 Å². The smallest absolute Gasteiger partial charge is 0.245 e. The molecule has 0 aliphatic carbocycles. The monoisotopic (exact) mass is 216 g/mol. The fourth-order valence-electron chi connectivity index (χ4n) is 1.25. The van der Waals surface area contributed by atoms with Crippen molar-refractivity contribution in [3.8, 4) is 0 Å². The Morgan fingerprint density at radius 2 is 1.93 bits per heavy atom. The highest BCUT2D eigenvalue weighted by molar-refractivity contribution is 5.94. The van der Waals surface area contributed by atoms with Crippen LogP contribution in [0.4, 0.5) is 13.2 Å². The van der Waals surface area contributed by atoms with Crippen LogP contribution in [0.15, 0.2) is 18.2 Å². The van der Waals surface area contributed by atoms with Gasteiger partial charge in [0, 0.05) is 11.5 Å². The molecule has 0 aliphatic heterocycles. The van der Waals surface area contributed by atoms with E-state index in [2.05, 4.69) is 0 Å². The minimum atomic E-state index is -2.64. The van der Waals surface area contributed by atoms with Gasteiger partial charge in [0.2, 0.25) is 6.43 Å². The highest BCUT2D eigenvalue weighted by Gasteiger charge is 2.21. The number of alkyl halides is 2.